The first kappa shape index (κ1) is 16.5. The number of thioether (sulfide) groups is 2. The molecule has 0 spiro atoms. The van der Waals surface area contributed by atoms with Gasteiger partial charge in [-0.1, -0.05) is 35.7 Å². The number of fused-ring (bicyclic) bond motifs is 1. The van der Waals surface area contributed by atoms with Crippen molar-refractivity contribution in [3.63, 3.8) is 0 Å². The zero-order valence-electron chi connectivity index (χ0n) is 12.6. The summed E-state index contributed by atoms with van der Waals surface area (Å²) < 4.78 is 0.442. The van der Waals surface area contributed by atoms with Crippen LogP contribution < -0.4 is 0 Å². The summed E-state index contributed by atoms with van der Waals surface area (Å²) >= 11 is 2.22. The number of hydrazine groups is 1. The second kappa shape index (κ2) is 6.29. The maximum atomic E-state index is 12.7. The monoisotopic (exact) mass is 362 g/mol. The Balaban J connectivity index is 2.04. The molecule has 2 N–H and O–H groups in total. The lowest BCUT2D eigenvalue weighted by molar-refractivity contribution is -0.144. The third kappa shape index (κ3) is 2.47. The van der Waals surface area contributed by atoms with Gasteiger partial charge in [-0.25, -0.2) is 10.0 Å². The third-order valence-corrected chi connectivity index (χ3v) is 6.10. The van der Waals surface area contributed by atoms with Crippen molar-refractivity contribution in [2.75, 3.05) is 13.1 Å². The van der Waals surface area contributed by atoms with Gasteiger partial charge < -0.3 is 10.2 Å². The zero-order valence-corrected chi connectivity index (χ0v) is 14.2. The van der Waals surface area contributed by atoms with Crippen molar-refractivity contribution < 1.29 is 19.8 Å². The Morgan fingerprint density at radius 1 is 0.917 bits per heavy atom. The molecule has 0 radical (unpaired) electrons. The molecular weight excluding hydrogens is 348 g/mol. The average molecular weight is 362 g/mol. The van der Waals surface area contributed by atoms with Crippen molar-refractivity contribution in [3.8, 4) is 11.5 Å². The van der Waals surface area contributed by atoms with Gasteiger partial charge in [0.15, 0.2) is 0 Å². The molecule has 124 valence electrons. The van der Waals surface area contributed by atoms with E-state index >= 15 is 0 Å². The highest BCUT2D eigenvalue weighted by Gasteiger charge is 2.44. The number of rotatable bonds is 4. The molecule has 1 aromatic rings. The van der Waals surface area contributed by atoms with E-state index in [0.717, 1.165) is 23.5 Å². The SMILES string of the molecule is C=CCN1C(=O)C(=C2Sc3c(O)ccc(O)c3S2)C(=O)N1CC=C. The number of phenolic OH excluding ortho intramolecular Hbond substituents is 2. The molecule has 1 saturated heterocycles. The summed E-state index contributed by atoms with van der Waals surface area (Å²) in [6.07, 6.45) is 3.08. The smallest absolute Gasteiger partial charge is 0.280 e. The first-order valence-corrected chi connectivity index (χ1v) is 8.63. The summed E-state index contributed by atoms with van der Waals surface area (Å²) in [6, 6.07) is 2.75. The van der Waals surface area contributed by atoms with Gasteiger partial charge in [-0.3, -0.25) is 9.59 Å². The Morgan fingerprint density at radius 3 is 1.71 bits per heavy atom. The quantitative estimate of drug-likeness (QED) is 0.371. The number of nitrogens with zero attached hydrogens (tertiary/aromatic N) is 2. The Labute approximate surface area is 147 Å². The molecule has 0 aromatic heterocycles. The van der Waals surface area contributed by atoms with Gasteiger partial charge in [0.05, 0.1) is 27.1 Å². The fourth-order valence-electron chi connectivity index (χ4n) is 2.40. The van der Waals surface area contributed by atoms with Crippen molar-refractivity contribution in [2.24, 2.45) is 0 Å². The van der Waals surface area contributed by atoms with E-state index in [4.69, 9.17) is 0 Å². The molecule has 0 unspecified atom stereocenters. The number of carbonyl (C=O) groups is 2. The van der Waals surface area contributed by atoms with E-state index < -0.39 is 11.8 Å². The van der Waals surface area contributed by atoms with E-state index in [9.17, 15) is 19.8 Å². The van der Waals surface area contributed by atoms with Gasteiger partial charge in [0, 0.05) is 0 Å². The fourth-order valence-corrected chi connectivity index (χ4v) is 4.98. The van der Waals surface area contributed by atoms with Gasteiger partial charge in [0.1, 0.15) is 17.1 Å². The highest BCUT2D eigenvalue weighted by atomic mass is 32.2. The normalized spacial score (nSPS) is 16.8. The summed E-state index contributed by atoms with van der Waals surface area (Å²) in [5, 5.41) is 22.5. The van der Waals surface area contributed by atoms with Gasteiger partial charge in [-0.15, -0.1) is 13.2 Å². The van der Waals surface area contributed by atoms with Crippen LogP contribution in [0.25, 0.3) is 0 Å². The first-order chi connectivity index (χ1) is 11.5. The number of carbonyl (C=O) groups excluding carboxylic acids is 2. The molecule has 2 heterocycles. The van der Waals surface area contributed by atoms with E-state index in [-0.39, 0.29) is 30.2 Å². The average Bonchev–Trinajstić information content (AvgIpc) is 3.08. The number of hydrogen-bond acceptors (Lipinski definition) is 6. The van der Waals surface area contributed by atoms with Crippen molar-refractivity contribution in [1.29, 1.82) is 0 Å². The third-order valence-electron chi connectivity index (χ3n) is 3.46. The second-order valence-corrected chi connectivity index (χ2v) is 7.28. The van der Waals surface area contributed by atoms with Gasteiger partial charge in [0.25, 0.3) is 11.8 Å². The maximum absolute atomic E-state index is 12.7. The Hall–Kier alpha value is -2.32. The van der Waals surface area contributed by atoms with Crippen LogP contribution in [0.15, 0.2) is 57.0 Å². The lowest BCUT2D eigenvalue weighted by Gasteiger charge is -2.24. The summed E-state index contributed by atoms with van der Waals surface area (Å²) in [5.74, 6) is -0.855. The molecule has 1 aromatic carbocycles. The summed E-state index contributed by atoms with van der Waals surface area (Å²) in [5.41, 5.74) is 0.0312. The highest BCUT2D eigenvalue weighted by Crippen LogP contribution is 2.58. The first-order valence-electron chi connectivity index (χ1n) is 7.00. The Morgan fingerprint density at radius 2 is 1.33 bits per heavy atom. The van der Waals surface area contributed by atoms with E-state index in [1.54, 1.807) is 0 Å². The van der Waals surface area contributed by atoms with Crippen LogP contribution in [0.3, 0.4) is 0 Å². The molecule has 2 aliphatic rings. The molecular formula is C16H14N2O4S2. The molecule has 8 heteroatoms. The van der Waals surface area contributed by atoms with Crippen LogP contribution in [0, 0.1) is 0 Å². The minimum atomic E-state index is -0.427. The minimum absolute atomic E-state index is 0.000287. The van der Waals surface area contributed by atoms with E-state index in [1.165, 1.54) is 34.3 Å². The number of aromatic hydroxyl groups is 2. The Bertz CT molecular complexity index is 741. The molecule has 2 amide bonds. The van der Waals surface area contributed by atoms with Crippen LogP contribution in [0.2, 0.25) is 0 Å². The minimum Gasteiger partial charge on any atom is -0.507 e. The highest BCUT2D eigenvalue weighted by molar-refractivity contribution is 8.25. The van der Waals surface area contributed by atoms with Crippen LogP contribution in [0.4, 0.5) is 0 Å². The molecule has 1 fully saturated rings. The van der Waals surface area contributed by atoms with Crippen LogP contribution in [-0.4, -0.2) is 45.1 Å². The van der Waals surface area contributed by atoms with E-state index in [2.05, 4.69) is 13.2 Å². The van der Waals surface area contributed by atoms with Gasteiger partial charge in [0.2, 0.25) is 0 Å². The zero-order chi connectivity index (χ0) is 17.4. The van der Waals surface area contributed by atoms with Crippen LogP contribution in [0.1, 0.15) is 0 Å². The van der Waals surface area contributed by atoms with Crippen LogP contribution >= 0.6 is 23.5 Å². The number of amides is 2. The lowest BCUT2D eigenvalue weighted by Crippen LogP contribution is -2.40. The van der Waals surface area contributed by atoms with Crippen LogP contribution in [0.5, 0.6) is 11.5 Å². The molecule has 0 saturated carbocycles. The van der Waals surface area contributed by atoms with Crippen molar-refractivity contribution >= 4 is 35.3 Å². The molecule has 24 heavy (non-hydrogen) atoms. The second-order valence-electron chi connectivity index (χ2n) is 4.98. The number of benzene rings is 1. The number of phenols is 2. The van der Waals surface area contributed by atoms with Crippen molar-refractivity contribution in [3.05, 3.63) is 47.3 Å². The number of hydrogen-bond donors (Lipinski definition) is 2. The molecule has 0 aliphatic carbocycles. The molecule has 0 bridgehead atoms. The fraction of sp³-hybridized carbons (Fsp3) is 0.125. The maximum Gasteiger partial charge on any atom is 0.280 e. The van der Waals surface area contributed by atoms with E-state index in [1.807, 2.05) is 0 Å². The predicted molar refractivity (Wildman–Crippen MR) is 92.3 cm³/mol. The lowest BCUT2D eigenvalue weighted by atomic mass is 10.3. The van der Waals surface area contributed by atoms with E-state index in [0.29, 0.717) is 14.0 Å². The predicted octanol–water partition coefficient (Wildman–Crippen LogP) is 2.47. The summed E-state index contributed by atoms with van der Waals surface area (Å²) in [4.78, 5) is 26.2. The Kier molecular flexibility index (Phi) is 4.33. The molecule has 0 atom stereocenters. The van der Waals surface area contributed by atoms with Crippen LogP contribution in [-0.2, 0) is 9.59 Å². The summed E-state index contributed by atoms with van der Waals surface area (Å²) in [7, 11) is 0. The van der Waals surface area contributed by atoms with Gasteiger partial charge in [-0.2, -0.15) is 0 Å². The summed E-state index contributed by atoms with van der Waals surface area (Å²) in [6.45, 7) is 7.62. The largest absolute Gasteiger partial charge is 0.507 e. The standard InChI is InChI=1S/C16H14N2O4S2/c1-3-7-17-14(21)11(15(22)18(17)8-4-2)16-23-12-9(19)5-6-10(20)13(12)24-16/h3-6,19-20H,1-2,7-8H2. The van der Waals surface area contributed by atoms with Crippen molar-refractivity contribution in [1.82, 2.24) is 10.0 Å². The molecule has 3 rings (SSSR count). The van der Waals surface area contributed by atoms with Gasteiger partial charge >= 0.3 is 0 Å². The van der Waals surface area contributed by atoms with Gasteiger partial charge in [-0.05, 0) is 12.1 Å². The topological polar surface area (TPSA) is 81.1 Å². The van der Waals surface area contributed by atoms with Crippen molar-refractivity contribution in [2.45, 2.75) is 9.79 Å². The molecule has 6 nitrogen and oxygen atoms in total. The molecule has 2 aliphatic heterocycles.